The molecule has 1 aliphatic rings. The van der Waals surface area contributed by atoms with Gasteiger partial charge in [0.2, 0.25) is 5.91 Å². The number of amides is 1. The van der Waals surface area contributed by atoms with Gasteiger partial charge in [-0.3, -0.25) is 4.79 Å². The van der Waals surface area contributed by atoms with E-state index >= 15 is 0 Å². The minimum atomic E-state index is -0.211. The van der Waals surface area contributed by atoms with Gasteiger partial charge in [-0.2, -0.15) is 0 Å². The number of nitrogens with two attached hydrogens (primary N) is 2. The standard InChI is InChI=1S/C14H24N6O/c1-2-3-11-13(19-16)17-9-18-14(11)20-6-4-10(5-7-20)8-12(15)21/h9-10H,2-8,16H2,1H3,(H2,15,21)(H,17,18,19). The van der Waals surface area contributed by atoms with Crippen LogP contribution in [0.5, 0.6) is 0 Å². The Labute approximate surface area is 125 Å². The number of hydrogen-bond donors (Lipinski definition) is 3. The Kier molecular flexibility index (Phi) is 5.32. The van der Waals surface area contributed by atoms with E-state index in [0.29, 0.717) is 18.2 Å². The highest BCUT2D eigenvalue weighted by molar-refractivity contribution is 5.74. The fraction of sp³-hybridized carbons (Fsp3) is 0.643. The van der Waals surface area contributed by atoms with Crippen LogP contribution in [-0.2, 0) is 11.2 Å². The smallest absolute Gasteiger partial charge is 0.217 e. The number of aromatic nitrogens is 2. The number of hydrogen-bond acceptors (Lipinski definition) is 6. The lowest BCUT2D eigenvalue weighted by atomic mass is 9.93. The summed E-state index contributed by atoms with van der Waals surface area (Å²) >= 11 is 0. The summed E-state index contributed by atoms with van der Waals surface area (Å²) in [5.41, 5.74) is 9.00. The first-order chi connectivity index (χ1) is 10.2. The lowest BCUT2D eigenvalue weighted by Gasteiger charge is -2.33. The van der Waals surface area contributed by atoms with Gasteiger partial charge < -0.3 is 16.1 Å². The molecule has 0 aliphatic carbocycles. The number of hydrazine groups is 1. The van der Waals surface area contributed by atoms with Crippen LogP contribution in [0.15, 0.2) is 6.33 Å². The minimum Gasteiger partial charge on any atom is -0.370 e. The first-order valence-corrected chi connectivity index (χ1v) is 7.49. The second kappa shape index (κ2) is 7.21. The van der Waals surface area contributed by atoms with Gasteiger partial charge in [0.15, 0.2) is 0 Å². The maximum Gasteiger partial charge on any atom is 0.217 e. The number of nitrogen functional groups attached to an aromatic ring is 1. The SMILES string of the molecule is CCCc1c(NN)ncnc1N1CCC(CC(N)=O)CC1. The molecule has 1 aliphatic heterocycles. The predicted molar refractivity (Wildman–Crippen MR) is 82.6 cm³/mol. The summed E-state index contributed by atoms with van der Waals surface area (Å²) in [7, 11) is 0. The van der Waals surface area contributed by atoms with Gasteiger partial charge in [0.25, 0.3) is 0 Å². The summed E-state index contributed by atoms with van der Waals surface area (Å²) < 4.78 is 0. The molecule has 0 saturated carbocycles. The summed E-state index contributed by atoms with van der Waals surface area (Å²) in [5, 5.41) is 0. The Morgan fingerprint density at radius 3 is 2.71 bits per heavy atom. The lowest BCUT2D eigenvalue weighted by Crippen LogP contribution is -2.36. The number of piperidine rings is 1. The molecule has 0 atom stereocenters. The molecule has 0 unspecified atom stereocenters. The summed E-state index contributed by atoms with van der Waals surface area (Å²) in [5.74, 6) is 7.38. The van der Waals surface area contributed by atoms with Crippen LogP contribution in [0.4, 0.5) is 11.6 Å². The molecule has 2 rings (SSSR count). The van der Waals surface area contributed by atoms with E-state index in [1.807, 2.05) is 0 Å². The van der Waals surface area contributed by atoms with Crippen LogP contribution in [0.2, 0.25) is 0 Å². The highest BCUT2D eigenvalue weighted by Crippen LogP contribution is 2.29. The molecule has 116 valence electrons. The van der Waals surface area contributed by atoms with E-state index in [1.165, 1.54) is 0 Å². The number of primary amides is 1. The van der Waals surface area contributed by atoms with Crippen molar-refractivity contribution in [3.05, 3.63) is 11.9 Å². The van der Waals surface area contributed by atoms with Crippen molar-refractivity contribution in [1.82, 2.24) is 9.97 Å². The van der Waals surface area contributed by atoms with Gasteiger partial charge in [-0.25, -0.2) is 15.8 Å². The number of rotatable bonds is 6. The molecule has 0 spiro atoms. The van der Waals surface area contributed by atoms with Gasteiger partial charge in [0.1, 0.15) is 18.0 Å². The van der Waals surface area contributed by atoms with Gasteiger partial charge in [0.05, 0.1) is 0 Å². The average molecular weight is 292 g/mol. The van der Waals surface area contributed by atoms with E-state index < -0.39 is 0 Å². The van der Waals surface area contributed by atoms with E-state index in [-0.39, 0.29) is 5.91 Å². The van der Waals surface area contributed by atoms with Crippen LogP contribution in [0.1, 0.15) is 38.2 Å². The highest BCUT2D eigenvalue weighted by Gasteiger charge is 2.24. The number of nitrogens with one attached hydrogen (secondary N) is 1. The van der Waals surface area contributed by atoms with E-state index in [2.05, 4.69) is 27.2 Å². The maximum absolute atomic E-state index is 11.0. The molecule has 7 heteroatoms. The average Bonchev–Trinajstić information content (AvgIpc) is 2.48. The zero-order valence-electron chi connectivity index (χ0n) is 12.5. The summed E-state index contributed by atoms with van der Waals surface area (Å²) in [6.45, 7) is 3.89. The number of carbonyl (C=O) groups excluding carboxylic acids is 1. The zero-order valence-corrected chi connectivity index (χ0v) is 12.5. The highest BCUT2D eigenvalue weighted by atomic mass is 16.1. The van der Waals surface area contributed by atoms with Gasteiger partial charge in [-0.1, -0.05) is 13.3 Å². The first-order valence-electron chi connectivity index (χ1n) is 7.49. The molecule has 0 aromatic carbocycles. The largest absolute Gasteiger partial charge is 0.370 e. The molecule has 2 heterocycles. The Balaban J connectivity index is 2.10. The maximum atomic E-state index is 11.0. The fourth-order valence-electron chi connectivity index (χ4n) is 2.91. The lowest BCUT2D eigenvalue weighted by molar-refractivity contribution is -0.119. The topological polar surface area (TPSA) is 110 Å². The number of anilines is 2. The quantitative estimate of drug-likeness (QED) is 0.528. The molecule has 5 N–H and O–H groups in total. The molecular formula is C14H24N6O. The van der Waals surface area contributed by atoms with Crippen molar-refractivity contribution in [3.8, 4) is 0 Å². The first kappa shape index (κ1) is 15.5. The number of carbonyl (C=O) groups is 1. The van der Waals surface area contributed by atoms with E-state index in [9.17, 15) is 4.79 Å². The van der Waals surface area contributed by atoms with E-state index in [1.54, 1.807) is 6.33 Å². The van der Waals surface area contributed by atoms with Gasteiger partial charge in [-0.05, 0) is 25.2 Å². The third-order valence-corrected chi connectivity index (χ3v) is 3.96. The molecule has 1 aromatic rings. The molecule has 7 nitrogen and oxygen atoms in total. The van der Waals surface area contributed by atoms with Crippen molar-refractivity contribution >= 4 is 17.5 Å². The molecule has 1 fully saturated rings. The Morgan fingerprint density at radius 2 is 2.14 bits per heavy atom. The van der Waals surface area contributed by atoms with E-state index in [0.717, 1.165) is 50.2 Å². The molecule has 1 saturated heterocycles. The predicted octanol–water partition coefficient (Wildman–Crippen LogP) is 0.807. The van der Waals surface area contributed by atoms with Crippen LogP contribution in [-0.4, -0.2) is 29.0 Å². The van der Waals surface area contributed by atoms with Crippen molar-refractivity contribution in [3.63, 3.8) is 0 Å². The normalized spacial score (nSPS) is 16.0. The van der Waals surface area contributed by atoms with Crippen molar-refractivity contribution < 1.29 is 4.79 Å². The van der Waals surface area contributed by atoms with Gasteiger partial charge in [0, 0.05) is 25.1 Å². The van der Waals surface area contributed by atoms with Crippen molar-refractivity contribution in [2.45, 2.75) is 39.0 Å². The Morgan fingerprint density at radius 1 is 1.43 bits per heavy atom. The third-order valence-electron chi connectivity index (χ3n) is 3.96. The minimum absolute atomic E-state index is 0.211. The summed E-state index contributed by atoms with van der Waals surface area (Å²) in [4.78, 5) is 21.9. The Bertz CT molecular complexity index is 484. The molecule has 1 amide bonds. The molecule has 0 bridgehead atoms. The fourth-order valence-corrected chi connectivity index (χ4v) is 2.91. The molecule has 1 aromatic heterocycles. The van der Waals surface area contributed by atoms with Crippen LogP contribution >= 0.6 is 0 Å². The monoisotopic (exact) mass is 292 g/mol. The summed E-state index contributed by atoms with van der Waals surface area (Å²) in [6.07, 6.45) is 5.84. The van der Waals surface area contributed by atoms with Crippen molar-refractivity contribution in [2.24, 2.45) is 17.5 Å². The van der Waals surface area contributed by atoms with Gasteiger partial charge >= 0.3 is 0 Å². The van der Waals surface area contributed by atoms with Crippen molar-refractivity contribution in [2.75, 3.05) is 23.4 Å². The van der Waals surface area contributed by atoms with Crippen LogP contribution in [0.25, 0.3) is 0 Å². The van der Waals surface area contributed by atoms with E-state index in [4.69, 9.17) is 11.6 Å². The third kappa shape index (κ3) is 3.81. The Hall–Kier alpha value is -1.89. The molecular weight excluding hydrogens is 268 g/mol. The second-order valence-electron chi connectivity index (χ2n) is 5.52. The van der Waals surface area contributed by atoms with Crippen LogP contribution in [0.3, 0.4) is 0 Å². The van der Waals surface area contributed by atoms with Gasteiger partial charge in [-0.15, -0.1) is 0 Å². The van der Waals surface area contributed by atoms with Crippen LogP contribution in [0, 0.1) is 5.92 Å². The summed E-state index contributed by atoms with van der Waals surface area (Å²) in [6, 6.07) is 0. The second-order valence-corrected chi connectivity index (χ2v) is 5.52. The van der Waals surface area contributed by atoms with Crippen molar-refractivity contribution in [1.29, 1.82) is 0 Å². The number of nitrogens with zero attached hydrogens (tertiary/aromatic N) is 3. The zero-order chi connectivity index (χ0) is 15.2. The van der Waals surface area contributed by atoms with Crippen LogP contribution < -0.4 is 21.9 Å². The molecule has 0 radical (unpaired) electrons. The molecule has 21 heavy (non-hydrogen) atoms.